The van der Waals surface area contributed by atoms with Crippen molar-refractivity contribution in [3.8, 4) is 0 Å². The van der Waals surface area contributed by atoms with Crippen molar-refractivity contribution < 1.29 is 4.39 Å². The summed E-state index contributed by atoms with van der Waals surface area (Å²) in [4.78, 5) is 8.46. The Morgan fingerprint density at radius 1 is 1.35 bits per heavy atom. The number of nitrogens with one attached hydrogen (secondary N) is 2. The molecule has 0 amide bonds. The van der Waals surface area contributed by atoms with Gasteiger partial charge >= 0.3 is 0 Å². The fraction of sp³-hybridized carbons (Fsp3) is 0.286. The van der Waals surface area contributed by atoms with Crippen molar-refractivity contribution in [3.63, 3.8) is 0 Å². The van der Waals surface area contributed by atoms with Gasteiger partial charge < -0.3 is 10.6 Å². The molecule has 1 heterocycles. The molecule has 1 aromatic carbocycles. The van der Waals surface area contributed by atoms with Crippen LogP contribution in [0.25, 0.3) is 0 Å². The number of rotatable bonds is 5. The molecule has 1 atom stereocenters. The molecule has 2 N–H and O–H groups in total. The molecule has 4 nitrogen and oxygen atoms in total. The van der Waals surface area contributed by atoms with Gasteiger partial charge in [0.05, 0.1) is 5.02 Å². The smallest absolute Gasteiger partial charge is 0.229 e. The summed E-state index contributed by atoms with van der Waals surface area (Å²) in [7, 11) is 0. The molecule has 0 spiro atoms. The molecule has 0 saturated carbocycles. The Morgan fingerprint density at radius 3 is 2.85 bits per heavy atom. The molecule has 0 aliphatic heterocycles. The van der Waals surface area contributed by atoms with Gasteiger partial charge in [-0.25, -0.2) is 9.37 Å². The lowest BCUT2D eigenvalue weighted by atomic mass is 10.2. The van der Waals surface area contributed by atoms with Gasteiger partial charge in [0.25, 0.3) is 0 Å². The molecule has 0 radical (unpaired) electrons. The average Bonchev–Trinajstić information content (AvgIpc) is 2.43. The minimum atomic E-state index is -0.453. The summed E-state index contributed by atoms with van der Waals surface area (Å²) in [6, 6.07) is 6.51. The van der Waals surface area contributed by atoms with Gasteiger partial charge in [-0.1, -0.05) is 18.5 Å². The van der Waals surface area contributed by atoms with E-state index in [0.29, 0.717) is 17.7 Å². The number of anilines is 3. The van der Waals surface area contributed by atoms with Crippen LogP contribution in [0.5, 0.6) is 0 Å². The minimum absolute atomic E-state index is 0.0592. The fourth-order valence-corrected chi connectivity index (χ4v) is 1.74. The van der Waals surface area contributed by atoms with Crippen molar-refractivity contribution >= 4 is 29.1 Å². The third-order valence-electron chi connectivity index (χ3n) is 2.84. The molecule has 1 unspecified atom stereocenters. The second-order valence-corrected chi connectivity index (χ2v) is 4.88. The van der Waals surface area contributed by atoms with Gasteiger partial charge in [0.15, 0.2) is 0 Å². The third-order valence-corrected chi connectivity index (χ3v) is 3.13. The normalized spacial score (nSPS) is 12.0. The standard InChI is InChI=1S/C14H16ClFN4/c1-3-9(2)18-13-6-7-17-14(20-13)19-10-4-5-12(16)11(15)8-10/h4-9H,3H2,1-2H3,(H2,17,18,19,20). The van der Waals surface area contributed by atoms with Crippen LogP contribution < -0.4 is 10.6 Å². The Hall–Kier alpha value is -1.88. The molecule has 2 aromatic rings. The largest absolute Gasteiger partial charge is 0.367 e. The molecule has 20 heavy (non-hydrogen) atoms. The van der Waals surface area contributed by atoms with Crippen molar-refractivity contribution in [2.75, 3.05) is 10.6 Å². The lowest BCUT2D eigenvalue weighted by molar-refractivity contribution is 0.628. The van der Waals surface area contributed by atoms with Crippen LogP contribution in [0.4, 0.5) is 21.8 Å². The first-order valence-electron chi connectivity index (χ1n) is 6.40. The molecule has 1 aromatic heterocycles. The van der Waals surface area contributed by atoms with Crippen LogP contribution in [0, 0.1) is 5.82 Å². The number of hydrogen-bond acceptors (Lipinski definition) is 4. The highest BCUT2D eigenvalue weighted by Gasteiger charge is 2.05. The predicted octanol–water partition coefficient (Wildman–Crippen LogP) is 4.22. The predicted molar refractivity (Wildman–Crippen MR) is 80.1 cm³/mol. The number of hydrogen-bond donors (Lipinski definition) is 2. The minimum Gasteiger partial charge on any atom is -0.367 e. The second-order valence-electron chi connectivity index (χ2n) is 4.47. The first kappa shape index (κ1) is 14.5. The van der Waals surface area contributed by atoms with E-state index in [1.54, 1.807) is 18.3 Å². The third kappa shape index (κ3) is 3.81. The SMILES string of the molecule is CCC(C)Nc1ccnc(Nc2ccc(F)c(Cl)c2)n1. The van der Waals surface area contributed by atoms with Gasteiger partial charge in [0.1, 0.15) is 11.6 Å². The number of aromatic nitrogens is 2. The fourth-order valence-electron chi connectivity index (χ4n) is 1.56. The first-order chi connectivity index (χ1) is 9.58. The van der Waals surface area contributed by atoms with E-state index >= 15 is 0 Å². The Morgan fingerprint density at radius 2 is 2.15 bits per heavy atom. The maximum Gasteiger partial charge on any atom is 0.229 e. The van der Waals surface area contributed by atoms with Crippen LogP contribution >= 0.6 is 11.6 Å². The molecule has 0 fully saturated rings. The van der Waals surface area contributed by atoms with Gasteiger partial charge in [-0.3, -0.25) is 0 Å². The van der Waals surface area contributed by atoms with Crippen molar-refractivity contribution in [1.82, 2.24) is 9.97 Å². The Balaban J connectivity index is 2.12. The van der Waals surface area contributed by atoms with Crippen molar-refractivity contribution in [2.45, 2.75) is 26.3 Å². The van der Waals surface area contributed by atoms with Crippen LogP contribution in [-0.4, -0.2) is 16.0 Å². The molecule has 0 bridgehead atoms. The van der Waals surface area contributed by atoms with E-state index in [2.05, 4.69) is 34.4 Å². The van der Waals surface area contributed by atoms with Crippen molar-refractivity contribution in [3.05, 3.63) is 41.3 Å². The van der Waals surface area contributed by atoms with Gasteiger partial charge in [0, 0.05) is 17.9 Å². The molecule has 2 rings (SSSR count). The van der Waals surface area contributed by atoms with Gasteiger partial charge in [-0.2, -0.15) is 4.98 Å². The van der Waals surface area contributed by atoms with E-state index in [0.717, 1.165) is 12.2 Å². The Kier molecular flexibility index (Phi) is 4.74. The van der Waals surface area contributed by atoms with Crippen molar-refractivity contribution in [2.24, 2.45) is 0 Å². The number of halogens is 2. The number of benzene rings is 1. The average molecular weight is 295 g/mol. The van der Waals surface area contributed by atoms with E-state index < -0.39 is 5.82 Å². The quantitative estimate of drug-likeness (QED) is 0.867. The molecule has 0 saturated heterocycles. The van der Waals surface area contributed by atoms with E-state index in [1.165, 1.54) is 12.1 Å². The van der Waals surface area contributed by atoms with Crippen LogP contribution in [-0.2, 0) is 0 Å². The zero-order chi connectivity index (χ0) is 14.5. The summed E-state index contributed by atoms with van der Waals surface area (Å²) in [5.41, 5.74) is 0.636. The molecule has 106 valence electrons. The molecular formula is C14H16ClFN4. The van der Waals surface area contributed by atoms with E-state index in [1.807, 2.05) is 0 Å². The maximum absolute atomic E-state index is 13.1. The highest BCUT2D eigenvalue weighted by Crippen LogP contribution is 2.21. The summed E-state index contributed by atoms with van der Waals surface area (Å²) in [6.45, 7) is 4.17. The van der Waals surface area contributed by atoms with Gasteiger partial charge in [-0.05, 0) is 37.6 Å². The van der Waals surface area contributed by atoms with Crippen LogP contribution in [0.2, 0.25) is 5.02 Å². The van der Waals surface area contributed by atoms with E-state index in [-0.39, 0.29) is 5.02 Å². The Labute approximate surface area is 122 Å². The molecular weight excluding hydrogens is 279 g/mol. The van der Waals surface area contributed by atoms with E-state index in [9.17, 15) is 4.39 Å². The summed E-state index contributed by atoms with van der Waals surface area (Å²) < 4.78 is 13.1. The summed E-state index contributed by atoms with van der Waals surface area (Å²) in [6.07, 6.45) is 2.66. The van der Waals surface area contributed by atoms with Crippen LogP contribution in [0.3, 0.4) is 0 Å². The number of nitrogens with zero attached hydrogens (tertiary/aromatic N) is 2. The van der Waals surface area contributed by atoms with E-state index in [4.69, 9.17) is 11.6 Å². The van der Waals surface area contributed by atoms with Gasteiger partial charge in [0.2, 0.25) is 5.95 Å². The zero-order valence-electron chi connectivity index (χ0n) is 11.3. The summed E-state index contributed by atoms with van der Waals surface area (Å²) in [5, 5.41) is 6.31. The maximum atomic E-state index is 13.1. The highest BCUT2D eigenvalue weighted by molar-refractivity contribution is 6.31. The van der Waals surface area contributed by atoms with Crippen LogP contribution in [0.15, 0.2) is 30.5 Å². The summed E-state index contributed by atoms with van der Waals surface area (Å²) in [5.74, 6) is 0.719. The molecule has 0 aliphatic rings. The van der Waals surface area contributed by atoms with Crippen molar-refractivity contribution in [1.29, 1.82) is 0 Å². The first-order valence-corrected chi connectivity index (χ1v) is 6.78. The summed E-state index contributed by atoms with van der Waals surface area (Å²) >= 11 is 5.73. The topological polar surface area (TPSA) is 49.8 Å². The Bertz CT molecular complexity index is 591. The lowest BCUT2D eigenvalue weighted by Crippen LogP contribution is -2.14. The van der Waals surface area contributed by atoms with Crippen LogP contribution in [0.1, 0.15) is 20.3 Å². The molecule has 0 aliphatic carbocycles. The zero-order valence-corrected chi connectivity index (χ0v) is 12.1. The highest BCUT2D eigenvalue weighted by atomic mass is 35.5. The van der Waals surface area contributed by atoms with Gasteiger partial charge in [-0.15, -0.1) is 0 Å². The molecule has 6 heteroatoms. The second kappa shape index (κ2) is 6.52. The lowest BCUT2D eigenvalue weighted by Gasteiger charge is -2.13. The monoisotopic (exact) mass is 294 g/mol.